The zero-order chi connectivity index (χ0) is 13.3. The predicted molar refractivity (Wildman–Crippen MR) is 68.5 cm³/mol. The van der Waals surface area contributed by atoms with Crippen molar-refractivity contribution in [2.75, 3.05) is 10.5 Å². The predicted octanol–water partition coefficient (Wildman–Crippen LogP) is 1.97. The summed E-state index contributed by atoms with van der Waals surface area (Å²) < 4.78 is 39.1. The summed E-state index contributed by atoms with van der Waals surface area (Å²) in [4.78, 5) is 3.87. The number of aromatic nitrogens is 1. The number of thiazole rings is 1. The fourth-order valence-corrected chi connectivity index (χ4v) is 3.48. The van der Waals surface area contributed by atoms with Gasteiger partial charge in [0.2, 0.25) is 0 Å². The maximum atomic E-state index is 12.8. The van der Waals surface area contributed by atoms with Gasteiger partial charge in [0.25, 0.3) is 10.0 Å². The third kappa shape index (κ3) is 2.59. The summed E-state index contributed by atoms with van der Waals surface area (Å²) in [5, 5.41) is 0.641. The second-order valence-corrected chi connectivity index (χ2v) is 6.68. The zero-order valence-electron chi connectivity index (χ0n) is 9.34. The topological polar surface area (TPSA) is 85.1 Å². The largest absolute Gasteiger partial charge is 0.397 e. The van der Waals surface area contributed by atoms with E-state index < -0.39 is 15.8 Å². The average Bonchev–Trinajstić information content (AvgIpc) is 2.70. The highest BCUT2D eigenvalue weighted by Gasteiger charge is 2.18. The summed E-state index contributed by atoms with van der Waals surface area (Å²) in [6.45, 7) is 1.70. The van der Waals surface area contributed by atoms with Crippen LogP contribution in [-0.4, -0.2) is 13.4 Å². The molecule has 0 atom stereocenters. The molecule has 0 saturated carbocycles. The van der Waals surface area contributed by atoms with Crippen LogP contribution in [0.2, 0.25) is 0 Å². The number of hydrogen-bond donors (Lipinski definition) is 2. The number of sulfonamides is 1. The van der Waals surface area contributed by atoms with E-state index in [1.807, 2.05) is 0 Å². The zero-order valence-corrected chi connectivity index (χ0v) is 11.0. The van der Waals surface area contributed by atoms with Crippen LogP contribution in [0.3, 0.4) is 0 Å². The number of nitrogen functional groups attached to an aromatic ring is 1. The van der Waals surface area contributed by atoms with E-state index >= 15 is 0 Å². The Hall–Kier alpha value is -1.67. The van der Waals surface area contributed by atoms with Gasteiger partial charge in [-0.25, -0.2) is 17.8 Å². The van der Waals surface area contributed by atoms with Crippen molar-refractivity contribution in [2.45, 2.75) is 11.1 Å². The van der Waals surface area contributed by atoms with Crippen molar-refractivity contribution < 1.29 is 12.8 Å². The molecular weight excluding hydrogens is 277 g/mol. The molecule has 0 aliphatic heterocycles. The number of nitrogens with zero attached hydrogens (tertiary/aromatic N) is 1. The number of hydrogen-bond acceptors (Lipinski definition) is 5. The van der Waals surface area contributed by atoms with Gasteiger partial charge >= 0.3 is 0 Å². The minimum atomic E-state index is -3.72. The summed E-state index contributed by atoms with van der Waals surface area (Å²) in [5.41, 5.74) is 5.70. The monoisotopic (exact) mass is 287 g/mol. The highest BCUT2D eigenvalue weighted by molar-refractivity contribution is 7.94. The first-order chi connectivity index (χ1) is 8.38. The molecule has 1 aromatic carbocycles. The van der Waals surface area contributed by atoms with E-state index in [-0.39, 0.29) is 15.6 Å². The lowest BCUT2D eigenvalue weighted by molar-refractivity contribution is 0.602. The molecule has 8 heteroatoms. The Kier molecular flexibility index (Phi) is 3.22. The minimum Gasteiger partial charge on any atom is -0.397 e. The lowest BCUT2D eigenvalue weighted by atomic mass is 10.3. The summed E-state index contributed by atoms with van der Waals surface area (Å²) in [6.07, 6.45) is 1.27. The summed E-state index contributed by atoms with van der Waals surface area (Å²) >= 11 is 1.05. The van der Waals surface area contributed by atoms with Gasteiger partial charge < -0.3 is 5.73 Å². The van der Waals surface area contributed by atoms with Crippen LogP contribution in [0.15, 0.2) is 28.6 Å². The van der Waals surface area contributed by atoms with Crippen LogP contribution < -0.4 is 10.5 Å². The normalized spacial score (nSPS) is 11.4. The van der Waals surface area contributed by atoms with Gasteiger partial charge in [0.15, 0.2) is 4.21 Å². The van der Waals surface area contributed by atoms with Crippen molar-refractivity contribution in [3.05, 3.63) is 35.2 Å². The van der Waals surface area contributed by atoms with E-state index in [1.165, 1.54) is 12.3 Å². The molecular formula is C10H10FN3O2S2. The Balaban J connectivity index is 2.33. The van der Waals surface area contributed by atoms with E-state index in [1.54, 1.807) is 6.92 Å². The van der Waals surface area contributed by atoms with Crippen molar-refractivity contribution in [3.8, 4) is 0 Å². The van der Waals surface area contributed by atoms with Crippen LogP contribution in [0, 0.1) is 12.7 Å². The summed E-state index contributed by atoms with van der Waals surface area (Å²) in [5.74, 6) is -0.524. The van der Waals surface area contributed by atoms with Gasteiger partial charge in [-0.05, 0) is 25.1 Å². The van der Waals surface area contributed by atoms with E-state index in [2.05, 4.69) is 9.71 Å². The molecule has 0 spiro atoms. The molecule has 5 nitrogen and oxygen atoms in total. The molecule has 0 amide bonds. The molecule has 3 N–H and O–H groups in total. The van der Waals surface area contributed by atoms with E-state index in [4.69, 9.17) is 5.73 Å². The van der Waals surface area contributed by atoms with E-state index in [0.717, 1.165) is 23.5 Å². The molecule has 1 heterocycles. The van der Waals surface area contributed by atoms with Crippen molar-refractivity contribution in [1.29, 1.82) is 0 Å². The van der Waals surface area contributed by atoms with Crippen LogP contribution in [0.1, 0.15) is 5.01 Å². The molecule has 0 unspecified atom stereocenters. The number of nitrogens with two attached hydrogens (primary N) is 1. The Morgan fingerprint density at radius 1 is 1.44 bits per heavy atom. The maximum absolute atomic E-state index is 12.8. The molecule has 0 saturated heterocycles. The number of anilines is 2. The number of nitrogens with one attached hydrogen (secondary N) is 1. The first-order valence-electron chi connectivity index (χ1n) is 4.89. The third-order valence-corrected chi connectivity index (χ3v) is 4.86. The van der Waals surface area contributed by atoms with Gasteiger partial charge in [0.1, 0.15) is 5.82 Å². The number of benzene rings is 1. The smallest absolute Gasteiger partial charge is 0.273 e. The van der Waals surface area contributed by atoms with Gasteiger partial charge in [-0.1, -0.05) is 0 Å². The molecule has 0 aliphatic rings. The Morgan fingerprint density at radius 2 is 2.17 bits per heavy atom. The summed E-state index contributed by atoms with van der Waals surface area (Å²) in [6, 6.07) is 3.46. The lowest BCUT2D eigenvalue weighted by Crippen LogP contribution is -2.12. The first-order valence-corrected chi connectivity index (χ1v) is 7.19. The van der Waals surface area contributed by atoms with Crippen molar-refractivity contribution in [3.63, 3.8) is 0 Å². The molecule has 96 valence electrons. The van der Waals surface area contributed by atoms with Crippen LogP contribution in [0.25, 0.3) is 0 Å². The molecule has 0 fully saturated rings. The Labute approximate surface area is 108 Å². The lowest BCUT2D eigenvalue weighted by Gasteiger charge is -2.08. The fourth-order valence-electron chi connectivity index (χ4n) is 1.29. The molecule has 0 bridgehead atoms. The highest BCUT2D eigenvalue weighted by Crippen LogP contribution is 2.25. The van der Waals surface area contributed by atoms with Crippen LogP contribution in [0.5, 0.6) is 0 Å². The van der Waals surface area contributed by atoms with Crippen LogP contribution >= 0.6 is 11.3 Å². The van der Waals surface area contributed by atoms with Gasteiger partial charge in [-0.2, -0.15) is 0 Å². The average molecular weight is 287 g/mol. The summed E-state index contributed by atoms with van der Waals surface area (Å²) in [7, 11) is -3.72. The molecule has 18 heavy (non-hydrogen) atoms. The second-order valence-electron chi connectivity index (χ2n) is 3.54. The molecule has 2 aromatic rings. The van der Waals surface area contributed by atoms with Gasteiger partial charge in [-0.15, -0.1) is 11.3 Å². The number of halogens is 1. The molecule has 1 aromatic heterocycles. The van der Waals surface area contributed by atoms with E-state index in [0.29, 0.717) is 5.01 Å². The quantitative estimate of drug-likeness (QED) is 0.845. The Morgan fingerprint density at radius 3 is 2.72 bits per heavy atom. The SMILES string of the molecule is Cc1ncc(S(=O)(=O)Nc2ccc(F)cc2N)s1. The number of rotatable bonds is 3. The second kappa shape index (κ2) is 4.54. The molecule has 2 rings (SSSR count). The Bertz CT molecular complexity index is 682. The van der Waals surface area contributed by atoms with Crippen molar-refractivity contribution >= 4 is 32.7 Å². The van der Waals surface area contributed by atoms with Crippen molar-refractivity contribution in [2.24, 2.45) is 0 Å². The fraction of sp³-hybridized carbons (Fsp3) is 0.100. The van der Waals surface area contributed by atoms with Gasteiger partial charge in [0, 0.05) is 0 Å². The van der Waals surface area contributed by atoms with Gasteiger partial charge in [-0.3, -0.25) is 4.72 Å². The maximum Gasteiger partial charge on any atom is 0.273 e. The first kappa shape index (κ1) is 12.8. The van der Waals surface area contributed by atoms with Crippen LogP contribution in [0.4, 0.5) is 15.8 Å². The highest BCUT2D eigenvalue weighted by atomic mass is 32.2. The molecule has 0 aliphatic carbocycles. The standard InChI is InChI=1S/C10H10FN3O2S2/c1-6-13-5-10(17-6)18(15,16)14-9-3-2-7(11)4-8(9)12/h2-5,14H,12H2,1H3. The molecule has 0 radical (unpaired) electrons. The van der Waals surface area contributed by atoms with Crippen molar-refractivity contribution in [1.82, 2.24) is 4.98 Å². The third-order valence-electron chi connectivity index (χ3n) is 2.12. The van der Waals surface area contributed by atoms with E-state index in [9.17, 15) is 12.8 Å². The van der Waals surface area contributed by atoms with Crippen LogP contribution in [-0.2, 0) is 10.0 Å². The minimum absolute atomic E-state index is 0.0276. The number of aryl methyl sites for hydroxylation is 1. The van der Waals surface area contributed by atoms with Gasteiger partial charge in [0.05, 0.1) is 22.6 Å².